The first kappa shape index (κ1) is 10.9. The number of carbonyl (C=O) groups is 1. The van der Waals surface area contributed by atoms with Crippen molar-refractivity contribution in [3.63, 3.8) is 0 Å². The molecule has 82 valence electrons. The normalized spacial score (nSPS) is 10.4. The number of aryl methyl sites for hydroxylation is 1. The van der Waals surface area contributed by atoms with Crippen molar-refractivity contribution < 1.29 is 4.79 Å². The summed E-state index contributed by atoms with van der Waals surface area (Å²) in [7, 11) is 0. The van der Waals surface area contributed by atoms with Crippen molar-refractivity contribution in [2.75, 3.05) is 0 Å². The van der Waals surface area contributed by atoms with Crippen molar-refractivity contribution in [3.05, 3.63) is 52.8 Å². The van der Waals surface area contributed by atoms with Crippen LogP contribution in [0.4, 0.5) is 0 Å². The number of benzene rings is 1. The van der Waals surface area contributed by atoms with Crippen molar-refractivity contribution in [2.45, 2.75) is 13.5 Å². The first-order valence-electron chi connectivity index (χ1n) is 5.05. The zero-order chi connectivity index (χ0) is 11.5. The average molecular weight is 235 g/mol. The number of rotatable bonds is 3. The molecule has 0 aliphatic rings. The highest BCUT2D eigenvalue weighted by atomic mass is 35.5. The maximum Gasteiger partial charge on any atom is 0.212 e. The number of aromatic nitrogens is 2. The lowest BCUT2D eigenvalue weighted by molar-refractivity contribution is 0.102. The van der Waals surface area contributed by atoms with Crippen molar-refractivity contribution in [1.29, 1.82) is 0 Å². The number of halogens is 1. The van der Waals surface area contributed by atoms with Crippen LogP contribution in [0.3, 0.4) is 0 Å². The summed E-state index contributed by atoms with van der Waals surface area (Å²) in [5.74, 6) is -0.0926. The fourth-order valence-electron chi connectivity index (χ4n) is 1.55. The van der Waals surface area contributed by atoms with Gasteiger partial charge < -0.3 is 0 Å². The molecule has 3 nitrogen and oxygen atoms in total. The summed E-state index contributed by atoms with van der Waals surface area (Å²) in [4.78, 5) is 12.2. The highest BCUT2D eigenvalue weighted by Crippen LogP contribution is 2.19. The zero-order valence-corrected chi connectivity index (χ0v) is 9.61. The Bertz CT molecular complexity index is 505. The minimum absolute atomic E-state index is 0.0926. The SMILES string of the molecule is CCn1ncc(Cl)c1C(=O)c1ccccc1. The fraction of sp³-hybridized carbons (Fsp3) is 0.167. The van der Waals surface area contributed by atoms with Crippen LogP contribution in [0.2, 0.25) is 5.02 Å². The number of carbonyl (C=O) groups excluding carboxylic acids is 1. The second-order valence-corrected chi connectivity index (χ2v) is 3.76. The van der Waals surface area contributed by atoms with Crippen LogP contribution in [0.5, 0.6) is 0 Å². The molecular weight excluding hydrogens is 224 g/mol. The first-order chi connectivity index (χ1) is 7.74. The molecule has 0 amide bonds. The second-order valence-electron chi connectivity index (χ2n) is 3.35. The van der Waals surface area contributed by atoms with E-state index in [0.717, 1.165) is 0 Å². The van der Waals surface area contributed by atoms with Crippen molar-refractivity contribution >= 4 is 17.4 Å². The number of nitrogens with zero attached hydrogens (tertiary/aromatic N) is 2. The Labute approximate surface area is 98.7 Å². The van der Waals surface area contributed by atoms with Crippen LogP contribution in [-0.2, 0) is 6.54 Å². The molecule has 1 aromatic heterocycles. The third-order valence-corrected chi connectivity index (χ3v) is 2.62. The Hall–Kier alpha value is -1.61. The summed E-state index contributed by atoms with van der Waals surface area (Å²) < 4.78 is 1.61. The van der Waals surface area contributed by atoms with E-state index in [1.165, 1.54) is 6.20 Å². The molecule has 0 saturated carbocycles. The Morgan fingerprint density at radius 1 is 1.38 bits per heavy atom. The van der Waals surface area contributed by atoms with Crippen LogP contribution in [-0.4, -0.2) is 15.6 Å². The lowest BCUT2D eigenvalue weighted by Crippen LogP contribution is -2.10. The largest absolute Gasteiger partial charge is 0.287 e. The van der Waals surface area contributed by atoms with Crippen LogP contribution >= 0.6 is 11.6 Å². The van der Waals surface area contributed by atoms with Gasteiger partial charge in [0.15, 0.2) is 0 Å². The molecule has 2 aromatic rings. The number of hydrogen-bond acceptors (Lipinski definition) is 2. The fourth-order valence-corrected chi connectivity index (χ4v) is 1.78. The van der Waals surface area contributed by atoms with Gasteiger partial charge in [0.25, 0.3) is 0 Å². The van der Waals surface area contributed by atoms with Crippen molar-refractivity contribution in [1.82, 2.24) is 9.78 Å². The predicted molar refractivity (Wildman–Crippen MR) is 62.8 cm³/mol. The van der Waals surface area contributed by atoms with Gasteiger partial charge in [-0.3, -0.25) is 9.48 Å². The predicted octanol–water partition coefficient (Wildman–Crippen LogP) is 2.79. The molecule has 0 aliphatic carbocycles. The maximum absolute atomic E-state index is 12.2. The van der Waals surface area contributed by atoms with Gasteiger partial charge in [-0.25, -0.2) is 0 Å². The van der Waals surface area contributed by atoms with Crippen molar-refractivity contribution in [3.8, 4) is 0 Å². The molecule has 2 rings (SSSR count). The van der Waals surface area contributed by atoms with E-state index in [-0.39, 0.29) is 5.78 Å². The molecule has 0 bridgehead atoms. The highest BCUT2D eigenvalue weighted by Gasteiger charge is 2.17. The molecule has 0 spiro atoms. The van der Waals surface area contributed by atoms with Crippen molar-refractivity contribution in [2.24, 2.45) is 0 Å². The topological polar surface area (TPSA) is 34.9 Å². The van der Waals surface area contributed by atoms with Gasteiger partial charge in [-0.2, -0.15) is 5.10 Å². The second kappa shape index (κ2) is 4.49. The highest BCUT2D eigenvalue weighted by molar-refractivity contribution is 6.34. The summed E-state index contributed by atoms with van der Waals surface area (Å²) >= 11 is 5.96. The molecule has 4 heteroatoms. The molecule has 0 fully saturated rings. The van der Waals surface area contributed by atoms with Crippen LogP contribution in [0.1, 0.15) is 23.0 Å². The van der Waals surface area contributed by atoms with Gasteiger partial charge in [0.1, 0.15) is 5.69 Å². The molecule has 1 aromatic carbocycles. The summed E-state index contributed by atoms with van der Waals surface area (Å²) in [5, 5.41) is 4.44. The van der Waals surface area contributed by atoms with E-state index in [1.54, 1.807) is 16.8 Å². The van der Waals surface area contributed by atoms with Crippen LogP contribution < -0.4 is 0 Å². The van der Waals surface area contributed by atoms with Crippen LogP contribution in [0.15, 0.2) is 36.5 Å². The molecule has 0 N–H and O–H groups in total. The molecule has 0 radical (unpaired) electrons. The molecule has 1 heterocycles. The van der Waals surface area contributed by atoms with Crippen LogP contribution in [0.25, 0.3) is 0 Å². The Morgan fingerprint density at radius 2 is 2.06 bits per heavy atom. The Morgan fingerprint density at radius 3 is 2.69 bits per heavy atom. The van der Waals surface area contributed by atoms with Gasteiger partial charge in [-0.15, -0.1) is 0 Å². The Kier molecular flexibility index (Phi) is 3.06. The Balaban J connectivity index is 2.45. The number of ketones is 1. The molecule has 0 aliphatic heterocycles. The van der Waals surface area contributed by atoms with E-state index in [9.17, 15) is 4.79 Å². The van der Waals surface area contributed by atoms with Gasteiger partial charge in [-0.05, 0) is 6.92 Å². The summed E-state index contributed by atoms with van der Waals surface area (Å²) in [6.45, 7) is 2.55. The molecule has 0 saturated heterocycles. The van der Waals surface area contributed by atoms with E-state index in [4.69, 9.17) is 11.6 Å². The van der Waals surface area contributed by atoms with E-state index in [0.29, 0.717) is 22.8 Å². The number of hydrogen-bond donors (Lipinski definition) is 0. The average Bonchev–Trinajstić information content (AvgIpc) is 2.70. The van der Waals surface area contributed by atoms with E-state index in [2.05, 4.69) is 5.10 Å². The minimum Gasteiger partial charge on any atom is -0.287 e. The van der Waals surface area contributed by atoms with E-state index >= 15 is 0 Å². The quantitative estimate of drug-likeness (QED) is 0.766. The van der Waals surface area contributed by atoms with E-state index < -0.39 is 0 Å². The third-order valence-electron chi connectivity index (χ3n) is 2.35. The standard InChI is InChI=1S/C12H11ClN2O/c1-2-15-11(10(13)8-14-15)12(16)9-6-4-3-5-7-9/h3-8H,2H2,1H3. The van der Waals surface area contributed by atoms with Gasteiger partial charge in [-0.1, -0.05) is 41.9 Å². The zero-order valence-electron chi connectivity index (χ0n) is 8.85. The smallest absolute Gasteiger partial charge is 0.212 e. The summed E-state index contributed by atoms with van der Waals surface area (Å²) in [6, 6.07) is 9.06. The summed E-state index contributed by atoms with van der Waals surface area (Å²) in [5.41, 5.74) is 1.08. The summed E-state index contributed by atoms with van der Waals surface area (Å²) in [6.07, 6.45) is 1.50. The molecular formula is C12H11ClN2O. The lowest BCUT2D eigenvalue weighted by Gasteiger charge is -2.04. The minimum atomic E-state index is -0.0926. The monoisotopic (exact) mass is 234 g/mol. The molecule has 16 heavy (non-hydrogen) atoms. The van der Waals surface area contributed by atoms with Gasteiger partial charge in [0.2, 0.25) is 5.78 Å². The van der Waals surface area contributed by atoms with E-state index in [1.807, 2.05) is 25.1 Å². The first-order valence-corrected chi connectivity index (χ1v) is 5.43. The maximum atomic E-state index is 12.2. The third kappa shape index (κ3) is 1.86. The van der Waals surface area contributed by atoms with Gasteiger partial charge >= 0.3 is 0 Å². The molecule has 0 atom stereocenters. The lowest BCUT2D eigenvalue weighted by atomic mass is 10.1. The molecule has 0 unspecified atom stereocenters. The van der Waals surface area contributed by atoms with Crippen LogP contribution in [0, 0.1) is 0 Å². The van der Waals surface area contributed by atoms with Gasteiger partial charge in [0.05, 0.1) is 11.2 Å². The van der Waals surface area contributed by atoms with Gasteiger partial charge in [0, 0.05) is 12.1 Å².